The third-order valence-electron chi connectivity index (χ3n) is 5.55. The van der Waals surface area contributed by atoms with E-state index in [-0.39, 0.29) is 29.7 Å². The van der Waals surface area contributed by atoms with Gasteiger partial charge in [-0.25, -0.2) is 9.18 Å². The molecule has 2 aliphatic heterocycles. The molecule has 4 rings (SSSR count). The topological polar surface area (TPSA) is 62.8 Å². The molecule has 2 aromatic carbocycles. The predicted molar refractivity (Wildman–Crippen MR) is 108 cm³/mol. The fourth-order valence-corrected chi connectivity index (χ4v) is 3.97. The molecule has 0 aliphatic carbocycles. The average molecular weight is 399 g/mol. The molecule has 0 bridgehead atoms. The van der Waals surface area contributed by atoms with Gasteiger partial charge in [-0.3, -0.25) is 4.90 Å². The van der Waals surface area contributed by atoms with Crippen molar-refractivity contribution in [1.82, 2.24) is 15.5 Å². The maximum atomic E-state index is 13.9. The van der Waals surface area contributed by atoms with Crippen LogP contribution in [-0.4, -0.2) is 43.8 Å². The summed E-state index contributed by atoms with van der Waals surface area (Å²) in [5.41, 5.74) is 1.94. The van der Waals surface area contributed by atoms with E-state index in [9.17, 15) is 9.18 Å². The summed E-state index contributed by atoms with van der Waals surface area (Å²) >= 11 is 0. The van der Waals surface area contributed by atoms with E-state index in [0.29, 0.717) is 13.2 Å². The lowest BCUT2D eigenvalue weighted by molar-refractivity contribution is 0.184. The van der Waals surface area contributed by atoms with Crippen LogP contribution in [0.15, 0.2) is 42.5 Å². The number of amides is 2. The summed E-state index contributed by atoms with van der Waals surface area (Å²) in [5, 5.41) is 6.08. The summed E-state index contributed by atoms with van der Waals surface area (Å²) < 4.78 is 24.4. The molecule has 2 N–H and O–H groups in total. The molecule has 154 valence electrons. The molecule has 7 heteroatoms. The molecule has 1 saturated heterocycles. The van der Waals surface area contributed by atoms with Crippen molar-refractivity contribution in [2.45, 2.75) is 31.5 Å². The lowest BCUT2D eigenvalue weighted by Crippen LogP contribution is -2.48. The lowest BCUT2D eigenvalue weighted by atomic mass is 10.0. The van der Waals surface area contributed by atoms with Crippen LogP contribution in [0.5, 0.6) is 11.5 Å². The summed E-state index contributed by atoms with van der Waals surface area (Å²) in [6.45, 7) is 2.86. The molecule has 2 aliphatic rings. The van der Waals surface area contributed by atoms with Crippen LogP contribution in [0.1, 0.15) is 30.0 Å². The van der Waals surface area contributed by atoms with Gasteiger partial charge >= 0.3 is 6.03 Å². The third kappa shape index (κ3) is 4.62. The Balaban J connectivity index is 1.23. The number of carbonyl (C=O) groups is 1. The summed E-state index contributed by atoms with van der Waals surface area (Å²) in [6, 6.07) is 12.7. The van der Waals surface area contributed by atoms with Gasteiger partial charge in [0.1, 0.15) is 12.4 Å². The van der Waals surface area contributed by atoms with E-state index in [4.69, 9.17) is 9.47 Å². The van der Waals surface area contributed by atoms with Gasteiger partial charge in [0.2, 0.25) is 0 Å². The number of nitrogens with one attached hydrogen (secondary N) is 2. The van der Waals surface area contributed by atoms with Crippen molar-refractivity contribution >= 4 is 6.03 Å². The van der Waals surface area contributed by atoms with Crippen molar-refractivity contribution in [3.63, 3.8) is 0 Å². The van der Waals surface area contributed by atoms with Crippen LogP contribution in [0.4, 0.5) is 9.18 Å². The standard InChI is InChI=1S/C22H26FN3O3/c1-28-21-7-6-15(12-18(21)23)13-26-10-8-16(9-11-26)24-22(27)25-19-14-29-20-5-3-2-4-17(19)20/h2-7,12,16,19H,8-11,13-14H2,1H3,(H2,24,25,27). The van der Waals surface area contributed by atoms with Crippen LogP contribution in [-0.2, 0) is 6.54 Å². The lowest BCUT2D eigenvalue weighted by Gasteiger charge is -2.32. The third-order valence-corrected chi connectivity index (χ3v) is 5.55. The zero-order valence-corrected chi connectivity index (χ0v) is 16.5. The molecular weight excluding hydrogens is 373 g/mol. The van der Waals surface area contributed by atoms with E-state index >= 15 is 0 Å². The van der Waals surface area contributed by atoms with Gasteiger partial charge in [0.05, 0.1) is 13.2 Å². The first-order chi connectivity index (χ1) is 14.1. The molecular formula is C22H26FN3O3. The van der Waals surface area contributed by atoms with Gasteiger partial charge < -0.3 is 20.1 Å². The van der Waals surface area contributed by atoms with Gasteiger partial charge in [-0.2, -0.15) is 0 Å². The number of piperidine rings is 1. The molecule has 6 nitrogen and oxygen atoms in total. The van der Waals surface area contributed by atoms with Crippen molar-refractivity contribution in [3.05, 3.63) is 59.4 Å². The number of hydrogen-bond donors (Lipinski definition) is 2. The Bertz CT molecular complexity index is 868. The highest BCUT2D eigenvalue weighted by molar-refractivity contribution is 5.75. The minimum Gasteiger partial charge on any atom is -0.494 e. The van der Waals surface area contributed by atoms with Gasteiger partial charge in [0, 0.05) is 31.2 Å². The van der Waals surface area contributed by atoms with E-state index in [0.717, 1.165) is 42.8 Å². The number of ether oxygens (including phenoxy) is 2. The Morgan fingerprint density at radius 2 is 2.00 bits per heavy atom. The molecule has 1 fully saturated rings. The normalized spacial score (nSPS) is 19.3. The maximum absolute atomic E-state index is 13.9. The van der Waals surface area contributed by atoms with E-state index in [1.807, 2.05) is 30.3 Å². The van der Waals surface area contributed by atoms with Gasteiger partial charge in [0.15, 0.2) is 11.6 Å². The first kappa shape index (κ1) is 19.5. The molecule has 1 unspecified atom stereocenters. The molecule has 0 aromatic heterocycles. The van der Waals surface area contributed by atoms with Crippen LogP contribution >= 0.6 is 0 Å². The number of carbonyl (C=O) groups excluding carboxylic acids is 1. The van der Waals surface area contributed by atoms with Crippen molar-refractivity contribution in [2.24, 2.45) is 0 Å². The zero-order valence-electron chi connectivity index (χ0n) is 16.5. The Morgan fingerprint density at radius 3 is 2.76 bits per heavy atom. The number of nitrogens with zero attached hydrogens (tertiary/aromatic N) is 1. The number of benzene rings is 2. The van der Waals surface area contributed by atoms with E-state index in [1.165, 1.54) is 13.2 Å². The maximum Gasteiger partial charge on any atom is 0.315 e. The van der Waals surface area contributed by atoms with Crippen molar-refractivity contribution in [1.29, 1.82) is 0 Å². The number of para-hydroxylation sites is 1. The van der Waals surface area contributed by atoms with Crippen LogP contribution < -0.4 is 20.1 Å². The number of hydrogen-bond acceptors (Lipinski definition) is 4. The van der Waals surface area contributed by atoms with Crippen LogP contribution in [0, 0.1) is 5.82 Å². The van der Waals surface area contributed by atoms with Crippen LogP contribution in [0.3, 0.4) is 0 Å². The summed E-state index contributed by atoms with van der Waals surface area (Å²) in [6.07, 6.45) is 1.73. The van der Waals surface area contributed by atoms with Crippen molar-refractivity contribution in [3.8, 4) is 11.5 Å². The first-order valence-corrected chi connectivity index (χ1v) is 9.96. The second-order valence-corrected chi connectivity index (χ2v) is 7.54. The second-order valence-electron chi connectivity index (χ2n) is 7.54. The zero-order chi connectivity index (χ0) is 20.2. The van der Waals surface area contributed by atoms with Crippen LogP contribution in [0.25, 0.3) is 0 Å². The highest BCUT2D eigenvalue weighted by Crippen LogP contribution is 2.31. The van der Waals surface area contributed by atoms with Crippen LogP contribution in [0.2, 0.25) is 0 Å². The SMILES string of the molecule is COc1ccc(CN2CCC(NC(=O)NC3COc4ccccc43)CC2)cc1F. The predicted octanol–water partition coefficient (Wildman–Crippen LogP) is 3.23. The average Bonchev–Trinajstić information content (AvgIpc) is 3.12. The smallest absolute Gasteiger partial charge is 0.315 e. The van der Waals surface area contributed by atoms with Gasteiger partial charge in [-0.1, -0.05) is 24.3 Å². The van der Waals surface area contributed by atoms with Gasteiger partial charge in [-0.15, -0.1) is 0 Å². The van der Waals surface area contributed by atoms with E-state index in [2.05, 4.69) is 15.5 Å². The number of fused-ring (bicyclic) bond motifs is 1. The Kier molecular flexibility index (Phi) is 5.85. The summed E-state index contributed by atoms with van der Waals surface area (Å²) in [4.78, 5) is 14.7. The molecule has 29 heavy (non-hydrogen) atoms. The molecule has 1 atom stereocenters. The van der Waals surface area contributed by atoms with Gasteiger partial charge in [-0.05, 0) is 36.6 Å². The van der Waals surface area contributed by atoms with Crippen molar-refractivity contribution in [2.75, 3.05) is 26.8 Å². The first-order valence-electron chi connectivity index (χ1n) is 9.96. The van der Waals surface area contributed by atoms with E-state index < -0.39 is 0 Å². The van der Waals surface area contributed by atoms with Crippen molar-refractivity contribution < 1.29 is 18.7 Å². The second kappa shape index (κ2) is 8.69. The molecule has 0 spiro atoms. The number of halogens is 1. The highest BCUT2D eigenvalue weighted by Gasteiger charge is 2.27. The fourth-order valence-electron chi connectivity index (χ4n) is 3.97. The fraction of sp³-hybridized carbons (Fsp3) is 0.409. The molecule has 2 aromatic rings. The number of urea groups is 1. The highest BCUT2D eigenvalue weighted by atomic mass is 19.1. The largest absolute Gasteiger partial charge is 0.494 e. The minimum absolute atomic E-state index is 0.115. The number of likely N-dealkylation sites (tertiary alicyclic amines) is 1. The molecule has 2 amide bonds. The Hall–Kier alpha value is -2.80. The monoisotopic (exact) mass is 399 g/mol. The molecule has 2 heterocycles. The Morgan fingerprint density at radius 1 is 1.21 bits per heavy atom. The summed E-state index contributed by atoms with van der Waals surface area (Å²) in [7, 11) is 1.46. The molecule has 0 saturated carbocycles. The minimum atomic E-state index is -0.337. The molecule has 0 radical (unpaired) electrons. The Labute approximate surface area is 170 Å². The number of methoxy groups -OCH3 is 1. The quantitative estimate of drug-likeness (QED) is 0.810. The number of rotatable bonds is 5. The van der Waals surface area contributed by atoms with Gasteiger partial charge in [0.25, 0.3) is 0 Å². The van der Waals surface area contributed by atoms with E-state index in [1.54, 1.807) is 6.07 Å². The summed E-state index contributed by atoms with van der Waals surface area (Å²) in [5.74, 6) is 0.759.